The summed E-state index contributed by atoms with van der Waals surface area (Å²) in [7, 11) is 5.05. The third-order valence-corrected chi connectivity index (χ3v) is 2.83. The van der Waals surface area contributed by atoms with Gasteiger partial charge in [0.1, 0.15) is 6.33 Å². The number of aliphatic imine (C=N–C) groups is 1. The molecule has 2 aromatic heterocycles. The molecule has 12 heteroatoms. The summed E-state index contributed by atoms with van der Waals surface area (Å²) in [5.74, 6) is 0.486. The minimum Gasteiger partial charge on any atom is -0.361 e. The molecule has 0 aliphatic carbocycles. The SMILES string of the molecule is CN=C(c1ncn2c(=O)n(CCOC(F)(F)F)nnc12)N(C)C. The molecule has 0 radical (unpaired) electrons. The molecule has 0 atom stereocenters. The maximum Gasteiger partial charge on any atom is 0.522 e. The van der Waals surface area contributed by atoms with Crippen LogP contribution in [-0.4, -0.2) is 69.2 Å². The molecule has 0 N–H and O–H groups in total. The number of alkyl halides is 3. The predicted octanol–water partition coefficient (Wildman–Crippen LogP) is -0.240. The highest BCUT2D eigenvalue weighted by atomic mass is 19.4. The number of hydrogen-bond donors (Lipinski definition) is 0. The van der Waals surface area contributed by atoms with Gasteiger partial charge < -0.3 is 4.90 Å². The highest BCUT2D eigenvalue weighted by Crippen LogP contribution is 2.15. The second-order valence-electron chi connectivity index (χ2n) is 4.62. The zero-order valence-electron chi connectivity index (χ0n) is 12.6. The van der Waals surface area contributed by atoms with Gasteiger partial charge in [-0.3, -0.25) is 9.73 Å². The van der Waals surface area contributed by atoms with E-state index >= 15 is 0 Å². The quantitative estimate of drug-likeness (QED) is 0.567. The summed E-state index contributed by atoms with van der Waals surface area (Å²) in [6.45, 7) is -1.14. The van der Waals surface area contributed by atoms with Gasteiger partial charge in [0.15, 0.2) is 17.2 Å². The van der Waals surface area contributed by atoms with E-state index < -0.39 is 25.2 Å². The van der Waals surface area contributed by atoms with Gasteiger partial charge in [0.25, 0.3) is 0 Å². The molecule has 9 nitrogen and oxygen atoms in total. The first-order chi connectivity index (χ1) is 10.7. The number of halogens is 3. The van der Waals surface area contributed by atoms with Crippen LogP contribution in [-0.2, 0) is 11.3 Å². The van der Waals surface area contributed by atoms with Crippen LogP contribution >= 0.6 is 0 Å². The Morgan fingerprint density at radius 2 is 2.13 bits per heavy atom. The van der Waals surface area contributed by atoms with Crippen LogP contribution in [0, 0.1) is 0 Å². The lowest BCUT2D eigenvalue weighted by Gasteiger charge is -2.12. The molecule has 126 valence electrons. The lowest BCUT2D eigenvalue weighted by Crippen LogP contribution is -2.32. The number of imidazole rings is 1. The van der Waals surface area contributed by atoms with Gasteiger partial charge in [0, 0.05) is 21.1 Å². The summed E-state index contributed by atoms with van der Waals surface area (Å²) in [5, 5.41) is 7.44. The zero-order chi connectivity index (χ0) is 17.2. The fourth-order valence-corrected chi connectivity index (χ4v) is 1.90. The second kappa shape index (κ2) is 6.32. The molecule has 23 heavy (non-hydrogen) atoms. The molecule has 2 rings (SSSR count). The summed E-state index contributed by atoms with van der Waals surface area (Å²) >= 11 is 0. The van der Waals surface area contributed by atoms with E-state index in [1.807, 2.05) is 0 Å². The molecule has 0 aliphatic rings. The van der Waals surface area contributed by atoms with Crippen molar-refractivity contribution in [2.75, 3.05) is 27.7 Å². The Hall–Kier alpha value is -2.50. The topological polar surface area (TPSA) is 89.9 Å². The number of amidine groups is 1. The molecular weight excluding hydrogens is 319 g/mol. The van der Waals surface area contributed by atoms with Gasteiger partial charge in [-0.05, 0) is 0 Å². The van der Waals surface area contributed by atoms with E-state index in [4.69, 9.17) is 0 Å². The molecule has 2 aromatic rings. The van der Waals surface area contributed by atoms with Crippen LogP contribution in [0.25, 0.3) is 5.65 Å². The molecule has 0 saturated carbocycles. The average Bonchev–Trinajstić information content (AvgIpc) is 2.85. The fraction of sp³-hybridized carbons (Fsp3) is 0.545. The minimum atomic E-state index is -4.76. The highest BCUT2D eigenvalue weighted by molar-refractivity contribution is 6.01. The predicted molar refractivity (Wildman–Crippen MR) is 73.2 cm³/mol. The summed E-state index contributed by atoms with van der Waals surface area (Å²) in [4.78, 5) is 22.0. The van der Waals surface area contributed by atoms with Crippen molar-refractivity contribution in [3.05, 3.63) is 22.5 Å². The van der Waals surface area contributed by atoms with Gasteiger partial charge in [0.05, 0.1) is 13.2 Å². The molecule has 2 heterocycles. The van der Waals surface area contributed by atoms with Gasteiger partial charge in [-0.2, -0.15) is 4.68 Å². The lowest BCUT2D eigenvalue weighted by molar-refractivity contribution is -0.325. The summed E-state index contributed by atoms with van der Waals surface area (Å²) in [6, 6.07) is 0. The maximum absolute atomic E-state index is 12.2. The zero-order valence-corrected chi connectivity index (χ0v) is 12.6. The van der Waals surface area contributed by atoms with Gasteiger partial charge in [-0.15, -0.1) is 18.3 Å². The second-order valence-corrected chi connectivity index (χ2v) is 4.62. The first-order valence-electron chi connectivity index (χ1n) is 6.40. The molecule has 0 fully saturated rings. The number of fused-ring (bicyclic) bond motifs is 1. The van der Waals surface area contributed by atoms with Crippen LogP contribution in [0.3, 0.4) is 0 Å². The smallest absolute Gasteiger partial charge is 0.361 e. The fourth-order valence-electron chi connectivity index (χ4n) is 1.90. The molecule has 0 aromatic carbocycles. The molecule has 0 bridgehead atoms. The van der Waals surface area contributed by atoms with Gasteiger partial charge in [0.2, 0.25) is 0 Å². The lowest BCUT2D eigenvalue weighted by atomic mass is 10.4. The standard InChI is InChI=1S/C11H14F3N7O2/c1-15-8(19(2)3)7-9-17-18-21(4-5-23-11(12,13)14)10(22)20(9)6-16-7/h6H,4-5H2,1-3H3. The van der Waals surface area contributed by atoms with Crippen LogP contribution in [0.4, 0.5) is 13.2 Å². The third kappa shape index (κ3) is 3.64. The van der Waals surface area contributed by atoms with E-state index in [-0.39, 0.29) is 5.65 Å². The Kier molecular flexibility index (Phi) is 4.63. The van der Waals surface area contributed by atoms with Crippen molar-refractivity contribution in [1.82, 2.24) is 29.3 Å². The molecule has 0 spiro atoms. The third-order valence-electron chi connectivity index (χ3n) is 2.83. The average molecular weight is 333 g/mol. The largest absolute Gasteiger partial charge is 0.522 e. The van der Waals surface area contributed by atoms with E-state index in [0.29, 0.717) is 11.5 Å². The Balaban J connectivity index is 2.33. The molecule has 0 saturated heterocycles. The monoisotopic (exact) mass is 333 g/mol. The van der Waals surface area contributed by atoms with E-state index in [0.717, 1.165) is 9.08 Å². The Morgan fingerprint density at radius 3 is 2.70 bits per heavy atom. The Labute approximate surface area is 128 Å². The van der Waals surface area contributed by atoms with Crippen LogP contribution in [0.1, 0.15) is 5.69 Å². The van der Waals surface area contributed by atoms with Crippen molar-refractivity contribution in [3.63, 3.8) is 0 Å². The minimum absolute atomic E-state index is 0.164. The van der Waals surface area contributed by atoms with E-state index in [2.05, 4.69) is 25.0 Å². The number of nitrogens with zero attached hydrogens (tertiary/aromatic N) is 7. The highest BCUT2D eigenvalue weighted by Gasteiger charge is 2.28. The van der Waals surface area contributed by atoms with Crippen LogP contribution in [0.2, 0.25) is 0 Å². The summed E-state index contributed by atoms with van der Waals surface area (Å²) in [5.41, 5.74) is -0.160. The van der Waals surface area contributed by atoms with E-state index in [9.17, 15) is 18.0 Å². The number of ether oxygens (including phenoxy) is 1. The van der Waals surface area contributed by atoms with E-state index in [1.54, 1.807) is 26.0 Å². The molecular formula is C11H14F3N7O2. The maximum atomic E-state index is 12.2. The first kappa shape index (κ1) is 16.9. The number of aromatic nitrogens is 5. The van der Waals surface area contributed by atoms with Crippen LogP contribution in [0.5, 0.6) is 0 Å². The van der Waals surface area contributed by atoms with Crippen LogP contribution in [0.15, 0.2) is 16.1 Å². The van der Waals surface area contributed by atoms with Crippen molar-refractivity contribution >= 4 is 11.5 Å². The van der Waals surface area contributed by atoms with E-state index in [1.165, 1.54) is 6.33 Å². The van der Waals surface area contributed by atoms with Gasteiger partial charge in [-0.25, -0.2) is 14.2 Å². The first-order valence-corrected chi connectivity index (χ1v) is 6.40. The normalized spacial score (nSPS) is 12.9. The van der Waals surface area contributed by atoms with Crippen molar-refractivity contribution in [2.45, 2.75) is 12.9 Å². The van der Waals surface area contributed by atoms with Crippen LogP contribution < -0.4 is 5.69 Å². The Bertz CT molecular complexity index is 778. The van der Waals surface area contributed by atoms with Crippen molar-refractivity contribution < 1.29 is 17.9 Å². The summed E-state index contributed by atoms with van der Waals surface area (Å²) < 4.78 is 41.3. The Morgan fingerprint density at radius 1 is 1.43 bits per heavy atom. The van der Waals surface area contributed by atoms with Crippen molar-refractivity contribution in [2.24, 2.45) is 4.99 Å². The molecule has 0 unspecified atom stereocenters. The molecule has 0 amide bonds. The van der Waals surface area contributed by atoms with Crippen molar-refractivity contribution in [3.8, 4) is 0 Å². The van der Waals surface area contributed by atoms with Gasteiger partial charge in [-0.1, -0.05) is 5.21 Å². The number of rotatable bonds is 4. The summed E-state index contributed by atoms with van der Waals surface area (Å²) in [6.07, 6.45) is -3.54. The van der Waals surface area contributed by atoms with Crippen molar-refractivity contribution in [1.29, 1.82) is 0 Å². The van der Waals surface area contributed by atoms with Gasteiger partial charge >= 0.3 is 12.1 Å². The number of hydrogen-bond acceptors (Lipinski definition) is 6. The molecule has 0 aliphatic heterocycles.